The molecule has 1 aliphatic rings. The van der Waals surface area contributed by atoms with Crippen LogP contribution in [-0.2, 0) is 9.59 Å². The summed E-state index contributed by atoms with van der Waals surface area (Å²) in [7, 11) is 0. The van der Waals surface area contributed by atoms with Crippen LogP contribution in [0, 0.1) is 35.0 Å². The van der Waals surface area contributed by atoms with E-state index >= 15 is 4.39 Å². The summed E-state index contributed by atoms with van der Waals surface area (Å²) in [6, 6.07) is 2.68. The molecule has 5 rings (SSSR count). The molecule has 0 bridgehead atoms. The first-order chi connectivity index (χ1) is 19.0. The molecule has 2 N–H and O–H groups in total. The van der Waals surface area contributed by atoms with Crippen LogP contribution in [0.5, 0.6) is 11.5 Å². The van der Waals surface area contributed by atoms with Crippen LogP contribution in [0.2, 0.25) is 0 Å². The van der Waals surface area contributed by atoms with Gasteiger partial charge in [0.2, 0.25) is 23.2 Å². The molecule has 0 spiro atoms. The number of fused-ring (bicyclic) bond motifs is 1. The number of amides is 1. The van der Waals surface area contributed by atoms with Gasteiger partial charge in [0.05, 0.1) is 11.4 Å². The van der Waals surface area contributed by atoms with Crippen LogP contribution in [0.15, 0.2) is 30.6 Å². The lowest BCUT2D eigenvalue weighted by Gasteiger charge is -2.17. The molecule has 14 heteroatoms. The van der Waals surface area contributed by atoms with E-state index in [1.165, 1.54) is 22.0 Å². The minimum Gasteiger partial charge on any atom is -0.451 e. The number of nitrogens with zero attached hydrogens (tertiary/aromatic N) is 5. The number of halogens is 5. The zero-order valence-corrected chi connectivity index (χ0v) is 21.1. The second-order valence-corrected chi connectivity index (χ2v) is 9.50. The van der Waals surface area contributed by atoms with Crippen molar-refractivity contribution in [1.29, 1.82) is 0 Å². The summed E-state index contributed by atoms with van der Waals surface area (Å²) >= 11 is 0. The predicted octanol–water partition coefficient (Wildman–Crippen LogP) is 4.56. The number of benzene rings is 2. The van der Waals surface area contributed by atoms with Gasteiger partial charge >= 0.3 is 0 Å². The van der Waals surface area contributed by atoms with Crippen molar-refractivity contribution in [1.82, 2.24) is 24.6 Å². The van der Waals surface area contributed by atoms with Crippen molar-refractivity contribution in [3.63, 3.8) is 0 Å². The average molecular weight is 560 g/mol. The molecule has 9 nitrogen and oxygen atoms in total. The summed E-state index contributed by atoms with van der Waals surface area (Å²) in [5, 5.41) is 4.72. The van der Waals surface area contributed by atoms with E-state index in [4.69, 9.17) is 10.5 Å². The third kappa shape index (κ3) is 4.58. The van der Waals surface area contributed by atoms with Crippen LogP contribution in [0.3, 0.4) is 0 Å². The Morgan fingerprint density at radius 1 is 1.02 bits per heavy atom. The highest BCUT2D eigenvalue weighted by molar-refractivity contribution is 6.36. The van der Waals surface area contributed by atoms with Crippen molar-refractivity contribution in [2.45, 2.75) is 26.3 Å². The number of carbonyl (C=O) groups is 2. The van der Waals surface area contributed by atoms with E-state index in [1.54, 1.807) is 13.8 Å². The maximum absolute atomic E-state index is 15.3. The summed E-state index contributed by atoms with van der Waals surface area (Å²) in [4.78, 5) is 34.4. The highest BCUT2D eigenvalue weighted by Crippen LogP contribution is 2.37. The molecule has 40 heavy (non-hydrogen) atoms. The number of ketones is 1. The number of nitrogens with two attached hydrogens (primary N) is 1. The predicted molar refractivity (Wildman–Crippen MR) is 132 cm³/mol. The zero-order chi connectivity index (χ0) is 28.9. The van der Waals surface area contributed by atoms with Crippen molar-refractivity contribution in [2.75, 3.05) is 18.8 Å². The Labute approximate surface area is 223 Å². The fourth-order valence-corrected chi connectivity index (χ4v) is 4.48. The van der Waals surface area contributed by atoms with Gasteiger partial charge in [-0.2, -0.15) is 13.9 Å². The monoisotopic (exact) mass is 560 g/mol. The number of nitrogen functional groups attached to an aromatic ring is 1. The topological polar surface area (TPSA) is 116 Å². The third-order valence-electron chi connectivity index (χ3n) is 6.54. The van der Waals surface area contributed by atoms with E-state index in [0.29, 0.717) is 13.0 Å². The number of rotatable bonds is 6. The zero-order valence-electron chi connectivity index (χ0n) is 21.1. The van der Waals surface area contributed by atoms with Crippen LogP contribution in [0.25, 0.3) is 22.3 Å². The molecular weight excluding hydrogens is 539 g/mol. The molecule has 1 atom stereocenters. The molecule has 0 radical (unpaired) electrons. The van der Waals surface area contributed by atoms with Gasteiger partial charge in [0.15, 0.2) is 17.3 Å². The summed E-state index contributed by atoms with van der Waals surface area (Å²) in [5.41, 5.74) is 6.27. The minimum absolute atomic E-state index is 0.00808. The fraction of sp³-hybridized carbons (Fsp3) is 0.269. The summed E-state index contributed by atoms with van der Waals surface area (Å²) in [5.74, 6) is -11.3. The van der Waals surface area contributed by atoms with Crippen molar-refractivity contribution in [2.24, 2.45) is 5.92 Å². The molecule has 0 saturated carbocycles. The van der Waals surface area contributed by atoms with Gasteiger partial charge in [0.25, 0.3) is 5.91 Å². The molecule has 1 aliphatic heterocycles. The van der Waals surface area contributed by atoms with E-state index < -0.39 is 64.2 Å². The lowest BCUT2D eigenvalue weighted by Crippen LogP contribution is -2.37. The van der Waals surface area contributed by atoms with E-state index in [0.717, 1.165) is 12.1 Å². The van der Waals surface area contributed by atoms with Crippen LogP contribution in [-0.4, -0.2) is 49.4 Å². The van der Waals surface area contributed by atoms with Crippen LogP contribution in [0.1, 0.15) is 26.3 Å². The van der Waals surface area contributed by atoms with Crippen molar-refractivity contribution in [3.05, 3.63) is 59.7 Å². The molecule has 2 aromatic carbocycles. The lowest BCUT2D eigenvalue weighted by molar-refractivity contribution is -0.145. The molecule has 1 fully saturated rings. The Morgan fingerprint density at radius 3 is 2.38 bits per heavy atom. The van der Waals surface area contributed by atoms with Crippen LogP contribution in [0.4, 0.5) is 27.8 Å². The third-order valence-corrected chi connectivity index (χ3v) is 6.54. The number of likely N-dealkylation sites (tertiary alicyclic amines) is 1. The summed E-state index contributed by atoms with van der Waals surface area (Å²) in [6.07, 6.45) is 1.64. The summed E-state index contributed by atoms with van der Waals surface area (Å²) < 4.78 is 76.9. The normalized spacial score (nSPS) is 15.3. The maximum Gasteiger partial charge on any atom is 0.290 e. The molecular formula is C26H21F5N6O3. The molecule has 1 unspecified atom stereocenters. The number of carbonyl (C=O) groups excluding carboxylic acids is 2. The largest absolute Gasteiger partial charge is 0.451 e. The number of ether oxygens (including phenoxy) is 1. The van der Waals surface area contributed by atoms with Gasteiger partial charge in [-0.1, -0.05) is 13.8 Å². The van der Waals surface area contributed by atoms with E-state index in [-0.39, 0.29) is 40.7 Å². The lowest BCUT2D eigenvalue weighted by atomic mass is 10.1. The first kappa shape index (κ1) is 27.0. The number of anilines is 1. The van der Waals surface area contributed by atoms with Gasteiger partial charge in [0.1, 0.15) is 29.4 Å². The van der Waals surface area contributed by atoms with Crippen molar-refractivity contribution < 1.29 is 36.3 Å². The second kappa shape index (κ2) is 10.2. The van der Waals surface area contributed by atoms with Crippen molar-refractivity contribution in [3.8, 4) is 22.8 Å². The Kier molecular flexibility index (Phi) is 6.85. The van der Waals surface area contributed by atoms with Gasteiger partial charge in [-0.05, 0) is 18.6 Å². The fourth-order valence-electron chi connectivity index (χ4n) is 4.48. The molecule has 4 aromatic rings. The Morgan fingerprint density at radius 2 is 1.73 bits per heavy atom. The second-order valence-electron chi connectivity index (χ2n) is 9.50. The maximum atomic E-state index is 15.3. The Hall–Kier alpha value is -4.62. The van der Waals surface area contributed by atoms with Gasteiger partial charge in [-0.15, -0.1) is 0 Å². The number of hydrogen-bond donors (Lipinski definition) is 1. The molecule has 1 amide bonds. The summed E-state index contributed by atoms with van der Waals surface area (Å²) in [6.45, 7) is 3.73. The quantitative estimate of drug-likeness (QED) is 0.209. The number of Topliss-reactive ketones (excluding diaryl/α,β-unsaturated/α-hetero) is 1. The highest BCUT2D eigenvalue weighted by atomic mass is 19.2. The molecule has 2 aromatic heterocycles. The van der Waals surface area contributed by atoms with Gasteiger partial charge < -0.3 is 15.4 Å². The standard InChI is InChI=1S/C26H21F5N6O3/c1-11(2)22(38)26(39)36-6-5-12(9-36)37-25-18(24(32)33-10-34-25)21(35-37)14-4-3-13(7-15(14)27)40-23-19(30)16(28)8-17(29)20(23)31/h3-4,7-8,10-12H,5-6,9H2,1-2H3,(H2,32,33,34). The van der Waals surface area contributed by atoms with Crippen molar-refractivity contribution >= 4 is 28.5 Å². The molecule has 3 heterocycles. The van der Waals surface area contributed by atoms with Crippen LogP contribution < -0.4 is 10.5 Å². The van der Waals surface area contributed by atoms with Gasteiger partial charge in [-0.25, -0.2) is 27.8 Å². The van der Waals surface area contributed by atoms with Gasteiger partial charge in [0, 0.05) is 36.7 Å². The highest BCUT2D eigenvalue weighted by Gasteiger charge is 2.34. The van der Waals surface area contributed by atoms with E-state index in [9.17, 15) is 27.2 Å². The molecule has 1 saturated heterocycles. The number of aromatic nitrogens is 4. The first-order valence-electron chi connectivity index (χ1n) is 12.1. The van der Waals surface area contributed by atoms with E-state index in [2.05, 4.69) is 15.1 Å². The SMILES string of the molecule is CC(C)C(=O)C(=O)N1CCC(n2nc(-c3ccc(Oc4c(F)c(F)cc(F)c4F)cc3F)c3c(N)ncnc32)C1. The average Bonchev–Trinajstić information content (AvgIpc) is 3.55. The van der Waals surface area contributed by atoms with Crippen LogP contribution >= 0.6 is 0 Å². The smallest absolute Gasteiger partial charge is 0.290 e. The minimum atomic E-state index is -1.78. The molecule has 208 valence electrons. The Bertz CT molecular complexity index is 1650. The Balaban J connectivity index is 1.50. The van der Waals surface area contributed by atoms with Gasteiger partial charge in [-0.3, -0.25) is 9.59 Å². The molecule has 0 aliphatic carbocycles. The van der Waals surface area contributed by atoms with E-state index in [1.807, 2.05) is 0 Å². The first-order valence-corrected chi connectivity index (χ1v) is 12.1. The number of hydrogen-bond acceptors (Lipinski definition) is 7.